The monoisotopic (exact) mass is 374 g/mol. The highest BCUT2D eigenvalue weighted by Crippen LogP contribution is 2.32. The van der Waals surface area contributed by atoms with Crippen LogP contribution in [0, 0.1) is 11.6 Å². The molecular formula is C17H15F5N2O2. The number of pyridine rings is 1. The maximum atomic E-state index is 13.9. The van der Waals surface area contributed by atoms with Crippen molar-refractivity contribution in [3.8, 4) is 0 Å². The average Bonchev–Trinajstić information content (AvgIpc) is 2.58. The van der Waals surface area contributed by atoms with Crippen molar-refractivity contribution in [3.05, 3.63) is 52.9 Å². The molecule has 26 heavy (non-hydrogen) atoms. The van der Waals surface area contributed by atoms with Gasteiger partial charge in [0.2, 0.25) is 0 Å². The molecule has 4 nitrogen and oxygen atoms in total. The fraction of sp³-hybridized carbons (Fsp3) is 0.294. The van der Waals surface area contributed by atoms with Gasteiger partial charge in [0.05, 0.1) is 24.1 Å². The Balaban J connectivity index is 2.53. The van der Waals surface area contributed by atoms with E-state index >= 15 is 0 Å². The number of halogens is 5. The third kappa shape index (κ3) is 4.09. The third-order valence-corrected chi connectivity index (χ3v) is 3.51. The van der Waals surface area contributed by atoms with E-state index in [9.17, 15) is 26.7 Å². The van der Waals surface area contributed by atoms with Crippen molar-refractivity contribution in [1.82, 2.24) is 4.98 Å². The van der Waals surface area contributed by atoms with E-state index in [0.29, 0.717) is 6.07 Å². The van der Waals surface area contributed by atoms with Crippen LogP contribution in [-0.2, 0) is 17.3 Å². The van der Waals surface area contributed by atoms with Gasteiger partial charge >= 0.3 is 12.1 Å². The molecule has 0 spiro atoms. The van der Waals surface area contributed by atoms with E-state index in [1.54, 1.807) is 6.92 Å². The van der Waals surface area contributed by atoms with E-state index in [2.05, 4.69) is 10.3 Å². The van der Waals surface area contributed by atoms with Crippen LogP contribution < -0.4 is 5.32 Å². The Morgan fingerprint density at radius 1 is 1.19 bits per heavy atom. The maximum Gasteiger partial charge on any atom is 0.433 e. The summed E-state index contributed by atoms with van der Waals surface area (Å²) in [4.78, 5) is 15.3. The Bertz CT molecular complexity index is 822. The second-order valence-electron chi connectivity index (χ2n) is 5.20. The average molecular weight is 374 g/mol. The molecule has 9 heteroatoms. The second-order valence-corrected chi connectivity index (χ2v) is 5.20. The Kier molecular flexibility index (Phi) is 5.79. The molecule has 0 amide bonds. The van der Waals surface area contributed by atoms with Crippen LogP contribution in [0.1, 0.15) is 35.5 Å². The lowest BCUT2D eigenvalue weighted by Crippen LogP contribution is -2.14. The zero-order chi connectivity index (χ0) is 19.5. The SMILES string of the molecule is CCOC(=O)c1cc(C(F)(F)F)ncc1Nc1ccc(F)c(F)c1CC. The number of ether oxygens (including phenoxy) is 1. The highest BCUT2D eigenvalue weighted by atomic mass is 19.4. The first-order valence-electron chi connectivity index (χ1n) is 7.67. The highest BCUT2D eigenvalue weighted by Gasteiger charge is 2.34. The molecular weight excluding hydrogens is 359 g/mol. The van der Waals surface area contributed by atoms with Gasteiger partial charge in [0.1, 0.15) is 5.69 Å². The first-order chi connectivity index (χ1) is 12.2. The van der Waals surface area contributed by atoms with Gasteiger partial charge in [0.25, 0.3) is 0 Å². The van der Waals surface area contributed by atoms with E-state index in [1.165, 1.54) is 13.0 Å². The summed E-state index contributed by atoms with van der Waals surface area (Å²) in [6.07, 6.45) is -3.83. The second kappa shape index (κ2) is 7.67. The molecule has 140 valence electrons. The van der Waals surface area contributed by atoms with Crippen molar-refractivity contribution in [2.24, 2.45) is 0 Å². The lowest BCUT2D eigenvalue weighted by molar-refractivity contribution is -0.141. The largest absolute Gasteiger partial charge is 0.462 e. The number of hydrogen-bond acceptors (Lipinski definition) is 4. The molecule has 1 heterocycles. The summed E-state index contributed by atoms with van der Waals surface area (Å²) in [5.74, 6) is -3.12. The molecule has 2 rings (SSSR count). The van der Waals surface area contributed by atoms with Gasteiger partial charge in [0, 0.05) is 11.3 Å². The molecule has 1 N–H and O–H groups in total. The first kappa shape index (κ1) is 19.6. The van der Waals surface area contributed by atoms with Crippen LogP contribution in [0.4, 0.5) is 33.3 Å². The van der Waals surface area contributed by atoms with Crippen LogP contribution in [0.5, 0.6) is 0 Å². The number of alkyl halides is 3. The van der Waals surface area contributed by atoms with Gasteiger partial charge in [-0.2, -0.15) is 13.2 Å². The fourth-order valence-corrected chi connectivity index (χ4v) is 2.29. The number of rotatable bonds is 5. The molecule has 0 saturated carbocycles. The first-order valence-corrected chi connectivity index (χ1v) is 7.67. The quantitative estimate of drug-likeness (QED) is 0.600. The fourth-order valence-electron chi connectivity index (χ4n) is 2.29. The van der Waals surface area contributed by atoms with Crippen molar-refractivity contribution in [2.45, 2.75) is 26.4 Å². The normalized spacial score (nSPS) is 11.3. The minimum absolute atomic E-state index is 0.0142. The molecule has 0 fully saturated rings. The summed E-state index contributed by atoms with van der Waals surface area (Å²) in [5.41, 5.74) is -1.71. The molecule has 0 bridgehead atoms. The van der Waals surface area contributed by atoms with Crippen LogP contribution in [0.3, 0.4) is 0 Å². The Morgan fingerprint density at radius 3 is 2.46 bits per heavy atom. The molecule has 0 atom stereocenters. The predicted molar refractivity (Wildman–Crippen MR) is 84.2 cm³/mol. The number of aromatic nitrogens is 1. The van der Waals surface area contributed by atoms with Crippen molar-refractivity contribution in [1.29, 1.82) is 0 Å². The molecule has 0 saturated heterocycles. The van der Waals surface area contributed by atoms with Crippen molar-refractivity contribution in [2.75, 3.05) is 11.9 Å². The number of hydrogen-bond donors (Lipinski definition) is 1. The number of anilines is 2. The van der Waals surface area contributed by atoms with Crippen LogP contribution in [0.25, 0.3) is 0 Å². The van der Waals surface area contributed by atoms with E-state index < -0.39 is 35.0 Å². The van der Waals surface area contributed by atoms with Crippen molar-refractivity contribution < 1.29 is 31.5 Å². The molecule has 2 aromatic rings. The molecule has 0 radical (unpaired) electrons. The van der Waals surface area contributed by atoms with Gasteiger partial charge in [-0.25, -0.2) is 18.6 Å². The number of nitrogens with zero attached hydrogens (tertiary/aromatic N) is 1. The van der Waals surface area contributed by atoms with Crippen LogP contribution in [-0.4, -0.2) is 17.6 Å². The molecule has 1 aromatic carbocycles. The summed E-state index contributed by atoms with van der Waals surface area (Å²) in [7, 11) is 0. The van der Waals surface area contributed by atoms with Crippen LogP contribution in [0.2, 0.25) is 0 Å². The topological polar surface area (TPSA) is 51.2 Å². The third-order valence-electron chi connectivity index (χ3n) is 3.51. The summed E-state index contributed by atoms with van der Waals surface area (Å²) in [6.45, 7) is 3.04. The smallest absolute Gasteiger partial charge is 0.433 e. The van der Waals surface area contributed by atoms with Gasteiger partial charge in [-0.3, -0.25) is 0 Å². The van der Waals surface area contributed by atoms with E-state index in [1.807, 2.05) is 0 Å². The minimum Gasteiger partial charge on any atom is -0.462 e. The van der Waals surface area contributed by atoms with Gasteiger partial charge in [-0.15, -0.1) is 0 Å². The Morgan fingerprint density at radius 2 is 1.88 bits per heavy atom. The number of esters is 1. The lowest BCUT2D eigenvalue weighted by atomic mass is 10.1. The van der Waals surface area contributed by atoms with Crippen molar-refractivity contribution in [3.63, 3.8) is 0 Å². The van der Waals surface area contributed by atoms with Gasteiger partial charge in [-0.1, -0.05) is 6.92 Å². The Labute approximate surface area is 146 Å². The van der Waals surface area contributed by atoms with Gasteiger partial charge < -0.3 is 10.1 Å². The van der Waals surface area contributed by atoms with Gasteiger partial charge in [0.15, 0.2) is 11.6 Å². The zero-order valence-corrected chi connectivity index (χ0v) is 13.9. The molecule has 1 aromatic heterocycles. The lowest BCUT2D eigenvalue weighted by Gasteiger charge is -2.16. The van der Waals surface area contributed by atoms with E-state index in [0.717, 1.165) is 12.3 Å². The standard InChI is InChI=1S/C17H15F5N2O2/c1-3-9-12(6-5-11(18)15(9)19)24-13-8-23-14(17(20,21)22)7-10(13)16(25)26-4-2/h5-8,24H,3-4H2,1-2H3. The summed E-state index contributed by atoms with van der Waals surface area (Å²) < 4.78 is 70.6. The van der Waals surface area contributed by atoms with Crippen LogP contribution in [0.15, 0.2) is 24.4 Å². The number of benzene rings is 1. The number of nitrogens with one attached hydrogen (secondary N) is 1. The minimum atomic E-state index is -4.75. The molecule has 0 unspecified atom stereocenters. The number of carbonyl (C=O) groups excluding carboxylic acids is 1. The van der Waals surface area contributed by atoms with E-state index in [4.69, 9.17) is 4.74 Å². The molecule has 0 aliphatic carbocycles. The molecule has 0 aliphatic heterocycles. The zero-order valence-electron chi connectivity index (χ0n) is 13.9. The maximum absolute atomic E-state index is 13.9. The van der Waals surface area contributed by atoms with Crippen LogP contribution >= 0.6 is 0 Å². The van der Waals surface area contributed by atoms with Gasteiger partial charge in [-0.05, 0) is 31.5 Å². The van der Waals surface area contributed by atoms with Crippen molar-refractivity contribution >= 4 is 17.3 Å². The summed E-state index contributed by atoms with van der Waals surface area (Å²) >= 11 is 0. The molecule has 0 aliphatic rings. The Hall–Kier alpha value is -2.71. The summed E-state index contributed by atoms with van der Waals surface area (Å²) in [5, 5.41) is 2.64. The predicted octanol–water partition coefficient (Wildman–Crippen LogP) is 4.86. The van der Waals surface area contributed by atoms with E-state index in [-0.39, 0.29) is 30.0 Å². The number of carbonyl (C=O) groups is 1. The summed E-state index contributed by atoms with van der Waals surface area (Å²) in [6, 6.07) is 2.65. The highest BCUT2D eigenvalue weighted by molar-refractivity contribution is 5.96.